The molecule has 17 heavy (non-hydrogen) atoms. The number of aromatic nitrogens is 1. The van der Waals surface area contributed by atoms with Crippen LogP contribution >= 0.6 is 0 Å². The van der Waals surface area contributed by atoms with Crippen molar-refractivity contribution in [1.82, 2.24) is 4.98 Å². The molecule has 1 aromatic heterocycles. The molecule has 0 bridgehead atoms. The van der Waals surface area contributed by atoms with E-state index < -0.39 is 0 Å². The van der Waals surface area contributed by atoms with Crippen molar-refractivity contribution in [3.63, 3.8) is 0 Å². The van der Waals surface area contributed by atoms with Crippen molar-refractivity contribution in [3.8, 4) is 0 Å². The van der Waals surface area contributed by atoms with Crippen LogP contribution in [0.4, 0.5) is 10.1 Å². The quantitative estimate of drug-likeness (QED) is 0.850. The molecule has 0 aliphatic heterocycles. The summed E-state index contributed by atoms with van der Waals surface area (Å²) in [6.07, 6.45) is 0. The first-order valence-electron chi connectivity index (χ1n) is 5.82. The fourth-order valence-corrected chi connectivity index (χ4v) is 2.36. The van der Waals surface area contributed by atoms with E-state index in [4.69, 9.17) is 0 Å². The van der Waals surface area contributed by atoms with Crippen LogP contribution in [-0.4, -0.2) is 12.0 Å². The normalized spacial score (nSPS) is 11.2. The van der Waals surface area contributed by atoms with Crippen LogP contribution in [0.15, 0.2) is 18.2 Å². The summed E-state index contributed by atoms with van der Waals surface area (Å²) in [6, 6.07) is 5.07. The Morgan fingerprint density at radius 2 is 2.00 bits per heavy atom. The summed E-state index contributed by atoms with van der Waals surface area (Å²) < 4.78 is 13.7. The van der Waals surface area contributed by atoms with Gasteiger partial charge in [0.05, 0.1) is 0 Å². The Labute approximate surface area is 101 Å². The van der Waals surface area contributed by atoms with Crippen LogP contribution in [0.5, 0.6) is 0 Å². The van der Waals surface area contributed by atoms with Crippen molar-refractivity contribution in [2.45, 2.75) is 26.7 Å². The number of pyridine rings is 1. The molecular weight excluding hydrogens is 215 g/mol. The Bertz CT molecular complexity index is 562. The van der Waals surface area contributed by atoms with Crippen LogP contribution in [0.1, 0.15) is 31.0 Å². The van der Waals surface area contributed by atoms with E-state index in [2.05, 4.69) is 24.1 Å². The first kappa shape index (κ1) is 11.8. The van der Waals surface area contributed by atoms with Crippen molar-refractivity contribution in [2.24, 2.45) is 0 Å². The second-order valence-corrected chi connectivity index (χ2v) is 4.53. The third-order valence-corrected chi connectivity index (χ3v) is 3.02. The van der Waals surface area contributed by atoms with Crippen molar-refractivity contribution < 1.29 is 4.39 Å². The second-order valence-electron chi connectivity index (χ2n) is 4.53. The second kappa shape index (κ2) is 4.32. The van der Waals surface area contributed by atoms with Crippen LogP contribution in [0, 0.1) is 12.7 Å². The largest absolute Gasteiger partial charge is 0.387 e. The minimum absolute atomic E-state index is 0.266. The number of nitrogens with zero attached hydrogens (tertiary/aromatic N) is 1. The maximum atomic E-state index is 13.7. The summed E-state index contributed by atoms with van der Waals surface area (Å²) in [5.74, 6) is 0.0926. The molecule has 3 heteroatoms. The van der Waals surface area contributed by atoms with Gasteiger partial charge in [0.1, 0.15) is 11.3 Å². The Morgan fingerprint density at radius 1 is 1.29 bits per heavy atom. The predicted octanol–water partition coefficient (Wildman–Crippen LogP) is 3.85. The molecule has 0 atom stereocenters. The van der Waals surface area contributed by atoms with Crippen LogP contribution < -0.4 is 5.32 Å². The molecule has 0 fully saturated rings. The van der Waals surface area contributed by atoms with Gasteiger partial charge >= 0.3 is 0 Å². The lowest BCUT2D eigenvalue weighted by atomic mass is 9.96. The molecule has 0 saturated heterocycles. The number of fused-ring (bicyclic) bond motifs is 1. The van der Waals surface area contributed by atoms with E-state index in [1.165, 1.54) is 6.07 Å². The number of hydrogen-bond acceptors (Lipinski definition) is 2. The molecular formula is C14H17FN2. The molecule has 0 radical (unpaired) electrons. The Kier molecular flexibility index (Phi) is 3.01. The van der Waals surface area contributed by atoms with E-state index in [0.29, 0.717) is 11.4 Å². The number of aryl methyl sites for hydroxylation is 1. The van der Waals surface area contributed by atoms with Crippen LogP contribution in [0.25, 0.3) is 10.9 Å². The minimum Gasteiger partial charge on any atom is -0.387 e. The zero-order chi connectivity index (χ0) is 12.6. The van der Waals surface area contributed by atoms with Crippen LogP contribution in [0.2, 0.25) is 0 Å². The van der Waals surface area contributed by atoms with Gasteiger partial charge in [-0.1, -0.05) is 26.0 Å². The third-order valence-electron chi connectivity index (χ3n) is 3.02. The molecule has 90 valence electrons. The first-order valence-corrected chi connectivity index (χ1v) is 5.82. The Morgan fingerprint density at radius 3 is 2.59 bits per heavy atom. The van der Waals surface area contributed by atoms with Gasteiger partial charge in [0.2, 0.25) is 0 Å². The molecule has 1 N–H and O–H groups in total. The molecule has 2 aromatic rings. The fourth-order valence-electron chi connectivity index (χ4n) is 2.36. The molecule has 0 unspecified atom stereocenters. The summed E-state index contributed by atoms with van der Waals surface area (Å²) in [6.45, 7) is 6.17. The highest BCUT2D eigenvalue weighted by atomic mass is 19.1. The smallest absolute Gasteiger partial charge is 0.149 e. The lowest BCUT2D eigenvalue weighted by molar-refractivity contribution is 0.636. The number of rotatable bonds is 2. The highest BCUT2D eigenvalue weighted by molar-refractivity contribution is 5.93. The maximum absolute atomic E-state index is 13.7. The van der Waals surface area contributed by atoms with E-state index in [1.54, 1.807) is 6.07 Å². The zero-order valence-corrected chi connectivity index (χ0v) is 10.6. The molecule has 0 saturated carbocycles. The zero-order valence-electron chi connectivity index (χ0n) is 10.6. The summed E-state index contributed by atoms with van der Waals surface area (Å²) in [5, 5.41) is 4.03. The van der Waals surface area contributed by atoms with Crippen LogP contribution in [0.3, 0.4) is 0 Å². The lowest BCUT2D eigenvalue weighted by Crippen LogP contribution is -2.04. The topological polar surface area (TPSA) is 24.9 Å². The summed E-state index contributed by atoms with van der Waals surface area (Å²) in [4.78, 5) is 4.39. The Balaban J connectivity index is 2.90. The van der Waals surface area contributed by atoms with E-state index in [9.17, 15) is 4.39 Å². The lowest BCUT2D eigenvalue weighted by Gasteiger charge is -2.17. The predicted molar refractivity (Wildman–Crippen MR) is 70.1 cm³/mol. The van der Waals surface area contributed by atoms with Gasteiger partial charge in [-0.2, -0.15) is 0 Å². The van der Waals surface area contributed by atoms with Gasteiger partial charge in [-0.25, -0.2) is 9.37 Å². The SMILES string of the molecule is CNc1c(C(C)C)c(C)nc2c(F)cccc12. The number of hydrogen-bond donors (Lipinski definition) is 1. The Hall–Kier alpha value is -1.64. The van der Waals surface area contributed by atoms with Gasteiger partial charge in [-0.15, -0.1) is 0 Å². The first-order chi connectivity index (χ1) is 8.06. The maximum Gasteiger partial charge on any atom is 0.149 e. The van der Waals surface area contributed by atoms with Gasteiger partial charge in [0.15, 0.2) is 0 Å². The van der Waals surface area contributed by atoms with E-state index in [-0.39, 0.29) is 5.82 Å². The molecule has 1 heterocycles. The standard InChI is InChI=1S/C14H17FN2/c1-8(2)12-9(3)17-13-10(14(12)16-4)6-5-7-11(13)15/h5-8H,1-4H3,(H,16,17). The molecule has 1 aromatic carbocycles. The molecule has 0 amide bonds. The van der Waals surface area contributed by atoms with Gasteiger partial charge in [-0.3, -0.25) is 0 Å². The number of benzene rings is 1. The summed E-state index contributed by atoms with van der Waals surface area (Å²) >= 11 is 0. The fraction of sp³-hybridized carbons (Fsp3) is 0.357. The molecule has 0 aliphatic carbocycles. The highest BCUT2D eigenvalue weighted by Crippen LogP contribution is 2.33. The minimum atomic E-state index is -0.266. The number of halogens is 1. The van der Waals surface area contributed by atoms with Gasteiger partial charge in [0.25, 0.3) is 0 Å². The monoisotopic (exact) mass is 232 g/mol. The van der Waals surface area contributed by atoms with Gasteiger partial charge in [-0.05, 0) is 24.5 Å². The van der Waals surface area contributed by atoms with Gasteiger partial charge in [0, 0.05) is 23.8 Å². The number of nitrogens with one attached hydrogen (secondary N) is 1. The average molecular weight is 232 g/mol. The van der Waals surface area contributed by atoms with E-state index in [1.807, 2.05) is 20.0 Å². The molecule has 2 nitrogen and oxygen atoms in total. The molecule has 0 spiro atoms. The van der Waals surface area contributed by atoms with E-state index >= 15 is 0 Å². The third kappa shape index (κ3) is 1.86. The van der Waals surface area contributed by atoms with Crippen molar-refractivity contribution >= 4 is 16.6 Å². The molecule has 2 rings (SSSR count). The van der Waals surface area contributed by atoms with Crippen LogP contribution in [-0.2, 0) is 0 Å². The molecule has 0 aliphatic rings. The average Bonchev–Trinajstić information content (AvgIpc) is 2.28. The van der Waals surface area contributed by atoms with Gasteiger partial charge < -0.3 is 5.32 Å². The number of anilines is 1. The number of para-hydroxylation sites is 1. The van der Waals surface area contributed by atoms with Crippen molar-refractivity contribution in [2.75, 3.05) is 12.4 Å². The highest BCUT2D eigenvalue weighted by Gasteiger charge is 2.15. The van der Waals surface area contributed by atoms with Crippen molar-refractivity contribution in [3.05, 3.63) is 35.3 Å². The van der Waals surface area contributed by atoms with E-state index in [0.717, 1.165) is 22.3 Å². The van der Waals surface area contributed by atoms with Crippen molar-refractivity contribution in [1.29, 1.82) is 0 Å². The summed E-state index contributed by atoms with van der Waals surface area (Å²) in [7, 11) is 1.87. The summed E-state index contributed by atoms with van der Waals surface area (Å²) in [5.41, 5.74) is 3.48.